The van der Waals surface area contributed by atoms with Crippen LogP contribution in [0, 0.1) is 17.0 Å². The summed E-state index contributed by atoms with van der Waals surface area (Å²) in [5.41, 5.74) is 0.461. The summed E-state index contributed by atoms with van der Waals surface area (Å²) in [6.45, 7) is 1.92. The van der Waals surface area contributed by atoms with Gasteiger partial charge in [-0.15, -0.1) is 0 Å². The van der Waals surface area contributed by atoms with Crippen LogP contribution >= 0.6 is 0 Å². The fourth-order valence-corrected chi connectivity index (χ4v) is 1.31. The Morgan fingerprint density at radius 3 is 2.76 bits per heavy atom. The Hall–Kier alpha value is -2.18. The lowest BCUT2D eigenvalue weighted by molar-refractivity contribution is -0.385. The second kappa shape index (κ2) is 5.24. The van der Waals surface area contributed by atoms with Crippen molar-refractivity contribution in [1.29, 1.82) is 0 Å². The van der Waals surface area contributed by atoms with Crippen LogP contribution in [0.4, 0.5) is 11.5 Å². The van der Waals surface area contributed by atoms with E-state index >= 15 is 0 Å². The van der Waals surface area contributed by atoms with E-state index in [2.05, 4.69) is 4.98 Å². The second-order valence-corrected chi connectivity index (χ2v) is 3.65. The highest BCUT2D eigenvalue weighted by atomic mass is 16.6. The van der Waals surface area contributed by atoms with E-state index in [1.54, 1.807) is 24.9 Å². The van der Waals surface area contributed by atoms with Gasteiger partial charge in [0.15, 0.2) is 0 Å². The number of aromatic nitrogens is 1. The highest BCUT2D eigenvalue weighted by molar-refractivity contribution is 5.67. The van der Waals surface area contributed by atoms with Gasteiger partial charge in [0.1, 0.15) is 12.0 Å². The Kier molecular flexibility index (Phi) is 3.97. The average Bonchev–Trinajstić information content (AvgIpc) is 2.25. The molecule has 17 heavy (non-hydrogen) atoms. The van der Waals surface area contributed by atoms with E-state index in [-0.39, 0.29) is 12.1 Å². The molecule has 0 unspecified atom stereocenters. The third kappa shape index (κ3) is 3.40. The summed E-state index contributed by atoms with van der Waals surface area (Å²) in [6, 6.07) is 1.57. The first-order valence-corrected chi connectivity index (χ1v) is 4.95. The first-order valence-electron chi connectivity index (χ1n) is 4.95. The van der Waals surface area contributed by atoms with Gasteiger partial charge in [0.05, 0.1) is 11.3 Å². The van der Waals surface area contributed by atoms with Crippen molar-refractivity contribution >= 4 is 17.5 Å². The minimum atomic E-state index is -0.893. The number of pyridine rings is 1. The van der Waals surface area contributed by atoms with E-state index in [9.17, 15) is 14.9 Å². The molecular formula is C10H13N3O4. The van der Waals surface area contributed by atoms with Crippen LogP contribution in [0.3, 0.4) is 0 Å². The van der Waals surface area contributed by atoms with Gasteiger partial charge in [0.25, 0.3) is 5.69 Å². The number of aryl methyl sites for hydroxylation is 1. The maximum absolute atomic E-state index is 10.6. The molecule has 0 radical (unpaired) electrons. The highest BCUT2D eigenvalue weighted by Crippen LogP contribution is 2.20. The summed E-state index contributed by atoms with van der Waals surface area (Å²) in [5.74, 6) is -0.371. The highest BCUT2D eigenvalue weighted by Gasteiger charge is 2.13. The molecule has 0 spiro atoms. The molecule has 1 rings (SSSR count). The number of hydrogen-bond acceptors (Lipinski definition) is 5. The van der Waals surface area contributed by atoms with E-state index in [1.165, 1.54) is 6.20 Å². The van der Waals surface area contributed by atoms with Gasteiger partial charge in [0.2, 0.25) is 0 Å². The molecule has 0 saturated heterocycles. The molecule has 0 bridgehead atoms. The van der Waals surface area contributed by atoms with Crippen molar-refractivity contribution in [3.63, 3.8) is 0 Å². The lowest BCUT2D eigenvalue weighted by Crippen LogP contribution is -2.22. The van der Waals surface area contributed by atoms with Crippen molar-refractivity contribution in [3.05, 3.63) is 27.9 Å². The van der Waals surface area contributed by atoms with Crippen LogP contribution in [0.5, 0.6) is 0 Å². The number of anilines is 1. The van der Waals surface area contributed by atoms with Crippen molar-refractivity contribution in [2.24, 2.45) is 0 Å². The molecular weight excluding hydrogens is 226 g/mol. The molecule has 0 fully saturated rings. The molecule has 0 aliphatic carbocycles. The molecule has 0 amide bonds. The average molecular weight is 239 g/mol. The number of nitrogens with zero attached hydrogens (tertiary/aromatic N) is 3. The van der Waals surface area contributed by atoms with Gasteiger partial charge in [-0.1, -0.05) is 0 Å². The van der Waals surface area contributed by atoms with E-state index in [1.807, 2.05) is 0 Å². The first-order chi connectivity index (χ1) is 7.91. The molecule has 1 aromatic heterocycles. The van der Waals surface area contributed by atoms with E-state index < -0.39 is 10.9 Å². The molecule has 0 aliphatic rings. The van der Waals surface area contributed by atoms with Crippen molar-refractivity contribution in [2.75, 3.05) is 18.5 Å². The van der Waals surface area contributed by atoms with Crippen LogP contribution in [0.15, 0.2) is 12.3 Å². The Bertz CT molecular complexity index is 447. The van der Waals surface area contributed by atoms with Gasteiger partial charge < -0.3 is 10.0 Å². The lowest BCUT2D eigenvalue weighted by atomic mass is 10.2. The van der Waals surface area contributed by atoms with E-state index in [0.29, 0.717) is 17.9 Å². The van der Waals surface area contributed by atoms with Gasteiger partial charge in [0, 0.05) is 19.2 Å². The number of carbonyl (C=O) groups is 1. The van der Waals surface area contributed by atoms with Crippen molar-refractivity contribution in [1.82, 2.24) is 4.98 Å². The normalized spacial score (nSPS) is 10.0. The van der Waals surface area contributed by atoms with Crippen molar-refractivity contribution in [3.8, 4) is 0 Å². The van der Waals surface area contributed by atoms with Crippen molar-refractivity contribution in [2.45, 2.75) is 13.3 Å². The van der Waals surface area contributed by atoms with E-state index in [4.69, 9.17) is 5.11 Å². The molecule has 1 heterocycles. The number of hydrogen-bond donors (Lipinski definition) is 1. The summed E-state index contributed by atoms with van der Waals surface area (Å²) in [6.07, 6.45) is 1.18. The summed E-state index contributed by atoms with van der Waals surface area (Å²) in [4.78, 5) is 26.1. The third-order valence-corrected chi connectivity index (χ3v) is 2.32. The Morgan fingerprint density at radius 1 is 1.65 bits per heavy atom. The molecule has 0 atom stereocenters. The zero-order chi connectivity index (χ0) is 13.0. The van der Waals surface area contributed by atoms with Crippen LogP contribution in [0.25, 0.3) is 0 Å². The van der Waals surface area contributed by atoms with Gasteiger partial charge >= 0.3 is 5.97 Å². The molecule has 7 nitrogen and oxygen atoms in total. The predicted molar refractivity (Wildman–Crippen MR) is 61.2 cm³/mol. The fraction of sp³-hybridized carbons (Fsp3) is 0.400. The maximum Gasteiger partial charge on any atom is 0.305 e. The molecule has 1 aromatic rings. The maximum atomic E-state index is 10.6. The number of carboxylic acids is 1. The van der Waals surface area contributed by atoms with Gasteiger partial charge in [-0.2, -0.15) is 0 Å². The minimum absolute atomic E-state index is 0.00574. The fourth-order valence-electron chi connectivity index (χ4n) is 1.31. The third-order valence-electron chi connectivity index (χ3n) is 2.32. The zero-order valence-corrected chi connectivity index (χ0v) is 9.58. The van der Waals surface area contributed by atoms with Crippen LogP contribution in [0.1, 0.15) is 12.0 Å². The first kappa shape index (κ1) is 12.9. The summed E-state index contributed by atoms with van der Waals surface area (Å²) < 4.78 is 0. The topological polar surface area (TPSA) is 96.6 Å². The summed E-state index contributed by atoms with van der Waals surface area (Å²) in [5, 5.41) is 19.1. The van der Waals surface area contributed by atoms with Crippen molar-refractivity contribution < 1.29 is 14.8 Å². The van der Waals surface area contributed by atoms with Gasteiger partial charge in [-0.25, -0.2) is 4.98 Å². The van der Waals surface area contributed by atoms with Crippen LogP contribution in [0.2, 0.25) is 0 Å². The zero-order valence-electron chi connectivity index (χ0n) is 9.58. The number of carboxylic acid groups (broad SMARTS) is 1. The quantitative estimate of drug-likeness (QED) is 0.612. The molecule has 0 aromatic carbocycles. The van der Waals surface area contributed by atoms with Crippen LogP contribution in [-0.2, 0) is 4.79 Å². The van der Waals surface area contributed by atoms with E-state index in [0.717, 1.165) is 0 Å². The Labute approximate surface area is 97.8 Å². The van der Waals surface area contributed by atoms with Gasteiger partial charge in [-0.3, -0.25) is 14.9 Å². The Balaban J connectivity index is 2.82. The lowest BCUT2D eigenvalue weighted by Gasteiger charge is -2.17. The monoisotopic (exact) mass is 239 g/mol. The Morgan fingerprint density at radius 2 is 2.29 bits per heavy atom. The number of rotatable bonds is 5. The number of aliphatic carboxylic acids is 1. The SMILES string of the molecule is Cc1cc(N(C)CCC(=O)O)ncc1[N+](=O)[O-]. The standard InChI is InChI=1S/C10H13N3O4/c1-7-5-9(11-6-8(7)13(16)17)12(2)4-3-10(14)15/h5-6H,3-4H2,1-2H3,(H,14,15). The predicted octanol–water partition coefficient (Wildman–Crippen LogP) is 1.21. The molecule has 1 N–H and O–H groups in total. The van der Waals surface area contributed by atoms with Crippen LogP contribution < -0.4 is 4.90 Å². The van der Waals surface area contributed by atoms with Gasteiger partial charge in [-0.05, 0) is 13.0 Å². The second-order valence-electron chi connectivity index (χ2n) is 3.65. The largest absolute Gasteiger partial charge is 0.481 e. The summed E-state index contributed by atoms with van der Waals surface area (Å²) in [7, 11) is 1.69. The molecule has 7 heteroatoms. The van der Waals surface area contributed by atoms with Crippen LogP contribution in [-0.4, -0.2) is 34.6 Å². The molecule has 0 aliphatic heterocycles. The molecule has 0 saturated carbocycles. The smallest absolute Gasteiger partial charge is 0.305 e. The minimum Gasteiger partial charge on any atom is -0.481 e. The summed E-state index contributed by atoms with van der Waals surface area (Å²) >= 11 is 0. The number of nitro groups is 1. The molecule has 92 valence electrons.